The molecule has 0 atom stereocenters. The van der Waals surface area contributed by atoms with Crippen molar-refractivity contribution in [1.82, 2.24) is 0 Å². The van der Waals surface area contributed by atoms with E-state index >= 15 is 0 Å². The van der Waals surface area contributed by atoms with Gasteiger partial charge in [-0.3, -0.25) is 4.55 Å². The smallest absolute Gasteiger partial charge is 0.267 e. The third-order valence-electron chi connectivity index (χ3n) is 2.72. The number of hydrogen-bond donors (Lipinski definition) is 4. The SMILES string of the molecule is Nc1c(O)cccc1C=Cc1ccccc1.O=S(=O)(O)CCO. The maximum absolute atomic E-state index is 9.63. The van der Waals surface area contributed by atoms with Crippen LogP contribution in [0.1, 0.15) is 11.1 Å². The van der Waals surface area contributed by atoms with Gasteiger partial charge in [0.05, 0.1) is 18.0 Å². The van der Waals surface area contributed by atoms with Gasteiger partial charge in [-0.15, -0.1) is 0 Å². The number of nitrogens with two attached hydrogens (primary N) is 1. The van der Waals surface area contributed by atoms with Gasteiger partial charge in [-0.25, -0.2) is 0 Å². The summed E-state index contributed by atoms with van der Waals surface area (Å²) in [5.74, 6) is -0.456. The minimum Gasteiger partial charge on any atom is -0.506 e. The van der Waals surface area contributed by atoms with Crippen LogP contribution in [0.15, 0.2) is 48.5 Å². The summed E-state index contributed by atoms with van der Waals surface area (Å²) >= 11 is 0. The standard InChI is InChI=1S/C14H13NO.C2H6O4S/c15-14-12(7-4-8-13(14)16)10-9-11-5-2-1-3-6-11;3-1-2-7(4,5)6/h1-10,16H,15H2;3H,1-2H2,(H,4,5,6). The summed E-state index contributed by atoms with van der Waals surface area (Å²) in [6.07, 6.45) is 3.86. The zero-order valence-electron chi connectivity index (χ0n) is 12.3. The Labute approximate surface area is 135 Å². The number of hydrogen-bond acceptors (Lipinski definition) is 5. The number of aliphatic hydroxyl groups excluding tert-OH is 1. The Balaban J connectivity index is 0.000000322. The maximum Gasteiger partial charge on any atom is 0.267 e. The molecule has 0 bridgehead atoms. The van der Waals surface area contributed by atoms with Crippen molar-refractivity contribution >= 4 is 28.0 Å². The summed E-state index contributed by atoms with van der Waals surface area (Å²) < 4.78 is 27.1. The van der Waals surface area contributed by atoms with E-state index in [1.165, 1.54) is 0 Å². The normalized spacial score (nSPS) is 11.0. The Kier molecular flexibility index (Phi) is 7.27. The first-order valence-electron chi connectivity index (χ1n) is 6.70. The van der Waals surface area contributed by atoms with Crippen LogP contribution < -0.4 is 5.73 Å². The van der Waals surface area contributed by atoms with Crippen LogP contribution in [-0.2, 0) is 10.1 Å². The van der Waals surface area contributed by atoms with E-state index in [0.29, 0.717) is 5.69 Å². The van der Waals surface area contributed by atoms with Gasteiger partial charge >= 0.3 is 0 Å². The molecular formula is C16H19NO5S. The van der Waals surface area contributed by atoms with E-state index in [9.17, 15) is 13.5 Å². The molecule has 0 saturated heterocycles. The van der Waals surface area contributed by atoms with Crippen LogP contribution in [0.2, 0.25) is 0 Å². The second kappa shape index (κ2) is 8.94. The molecule has 7 heteroatoms. The third kappa shape index (κ3) is 7.46. The number of para-hydroxylation sites is 1. The van der Waals surface area contributed by atoms with Gasteiger partial charge in [0.15, 0.2) is 0 Å². The van der Waals surface area contributed by atoms with Crippen LogP contribution in [0.25, 0.3) is 12.2 Å². The van der Waals surface area contributed by atoms with Crippen molar-refractivity contribution in [2.75, 3.05) is 18.1 Å². The van der Waals surface area contributed by atoms with E-state index in [-0.39, 0.29) is 5.75 Å². The lowest BCUT2D eigenvalue weighted by Crippen LogP contribution is -2.06. The van der Waals surface area contributed by atoms with E-state index in [1.54, 1.807) is 12.1 Å². The van der Waals surface area contributed by atoms with E-state index < -0.39 is 22.5 Å². The average Bonchev–Trinajstić information content (AvgIpc) is 2.49. The minimum absolute atomic E-state index is 0.121. The van der Waals surface area contributed by atoms with Gasteiger partial charge in [0.1, 0.15) is 5.75 Å². The molecule has 124 valence electrons. The fourth-order valence-electron chi connectivity index (χ4n) is 1.58. The number of nitrogen functional groups attached to an aromatic ring is 1. The predicted octanol–water partition coefficient (Wildman–Crippen LogP) is 2.01. The zero-order chi connectivity index (χ0) is 17.3. The number of aliphatic hydroxyl groups is 1. The number of phenolic OH excluding ortho intramolecular Hbond substituents is 1. The van der Waals surface area contributed by atoms with Gasteiger partial charge < -0.3 is 15.9 Å². The second-order valence-electron chi connectivity index (χ2n) is 4.53. The topological polar surface area (TPSA) is 121 Å². The van der Waals surface area contributed by atoms with Crippen molar-refractivity contribution < 1.29 is 23.2 Å². The van der Waals surface area contributed by atoms with Crippen molar-refractivity contribution in [3.8, 4) is 5.75 Å². The van der Waals surface area contributed by atoms with Gasteiger partial charge in [-0.1, -0.05) is 54.6 Å². The van der Waals surface area contributed by atoms with Crippen LogP contribution in [0.3, 0.4) is 0 Å². The molecule has 0 aliphatic carbocycles. The average molecular weight is 337 g/mol. The molecule has 0 radical (unpaired) electrons. The first-order valence-corrected chi connectivity index (χ1v) is 8.31. The van der Waals surface area contributed by atoms with E-state index in [4.69, 9.17) is 15.4 Å². The monoisotopic (exact) mass is 337 g/mol. The molecule has 23 heavy (non-hydrogen) atoms. The highest BCUT2D eigenvalue weighted by Gasteiger charge is 1.99. The van der Waals surface area contributed by atoms with Crippen molar-refractivity contribution in [1.29, 1.82) is 0 Å². The molecule has 0 saturated carbocycles. The molecule has 0 heterocycles. The molecule has 0 unspecified atom stereocenters. The molecule has 2 rings (SSSR count). The molecular weight excluding hydrogens is 318 g/mol. The molecule has 0 aliphatic heterocycles. The van der Waals surface area contributed by atoms with Gasteiger partial charge in [-0.05, 0) is 11.6 Å². The highest BCUT2D eigenvalue weighted by Crippen LogP contribution is 2.24. The third-order valence-corrected chi connectivity index (χ3v) is 3.42. The Morgan fingerprint density at radius 2 is 1.65 bits per heavy atom. The van der Waals surface area contributed by atoms with Crippen LogP contribution in [0, 0.1) is 0 Å². The summed E-state index contributed by atoms with van der Waals surface area (Å²) in [5, 5.41) is 17.3. The van der Waals surface area contributed by atoms with E-state index in [0.717, 1.165) is 11.1 Å². The Morgan fingerprint density at radius 1 is 1.00 bits per heavy atom. The van der Waals surface area contributed by atoms with Crippen LogP contribution in [0.5, 0.6) is 5.75 Å². The van der Waals surface area contributed by atoms with Crippen molar-refractivity contribution in [2.24, 2.45) is 0 Å². The molecule has 0 fully saturated rings. The van der Waals surface area contributed by atoms with Crippen molar-refractivity contribution in [3.05, 3.63) is 59.7 Å². The molecule has 0 aliphatic rings. The molecule has 0 spiro atoms. The summed E-state index contributed by atoms with van der Waals surface area (Å²) in [6, 6.07) is 15.2. The highest BCUT2D eigenvalue weighted by molar-refractivity contribution is 7.85. The molecule has 5 N–H and O–H groups in total. The lowest BCUT2D eigenvalue weighted by molar-refractivity contribution is 0.315. The van der Waals surface area contributed by atoms with Crippen LogP contribution >= 0.6 is 0 Å². The summed E-state index contributed by atoms with van der Waals surface area (Å²) in [7, 11) is -3.92. The molecule has 0 amide bonds. The summed E-state index contributed by atoms with van der Waals surface area (Å²) in [6.45, 7) is -0.529. The van der Waals surface area contributed by atoms with E-state index in [2.05, 4.69) is 0 Å². The number of rotatable bonds is 4. The summed E-state index contributed by atoms with van der Waals surface area (Å²) in [4.78, 5) is 0. The Morgan fingerprint density at radius 3 is 2.17 bits per heavy atom. The maximum atomic E-state index is 9.63. The van der Waals surface area contributed by atoms with Crippen molar-refractivity contribution in [3.63, 3.8) is 0 Å². The Hall–Kier alpha value is -2.35. The van der Waals surface area contributed by atoms with Crippen molar-refractivity contribution in [2.45, 2.75) is 0 Å². The minimum atomic E-state index is -3.92. The molecule has 6 nitrogen and oxygen atoms in total. The lowest BCUT2D eigenvalue weighted by atomic mass is 10.1. The van der Waals surface area contributed by atoms with Gasteiger partial charge in [0.2, 0.25) is 0 Å². The van der Waals surface area contributed by atoms with Gasteiger partial charge in [-0.2, -0.15) is 8.42 Å². The van der Waals surface area contributed by atoms with Gasteiger partial charge in [0.25, 0.3) is 10.1 Å². The molecule has 0 aromatic heterocycles. The number of anilines is 1. The first-order chi connectivity index (χ1) is 10.8. The molecule has 2 aromatic carbocycles. The first kappa shape index (κ1) is 18.7. The van der Waals surface area contributed by atoms with Crippen LogP contribution in [0.4, 0.5) is 5.69 Å². The Bertz CT molecular complexity index is 742. The molecule has 2 aromatic rings. The van der Waals surface area contributed by atoms with E-state index in [1.807, 2.05) is 48.6 Å². The number of phenols is 1. The lowest BCUT2D eigenvalue weighted by Gasteiger charge is -2.02. The van der Waals surface area contributed by atoms with Gasteiger partial charge in [0, 0.05) is 5.56 Å². The fraction of sp³-hybridized carbons (Fsp3) is 0.125. The van der Waals surface area contributed by atoms with Crippen LogP contribution in [-0.4, -0.2) is 35.5 Å². The highest BCUT2D eigenvalue weighted by atomic mass is 32.2. The number of benzene rings is 2. The summed E-state index contributed by atoms with van der Waals surface area (Å²) in [5.41, 5.74) is 8.08. The second-order valence-corrected chi connectivity index (χ2v) is 6.11. The predicted molar refractivity (Wildman–Crippen MR) is 91.4 cm³/mol. The zero-order valence-corrected chi connectivity index (χ0v) is 13.1. The quantitative estimate of drug-likeness (QED) is 0.293. The largest absolute Gasteiger partial charge is 0.506 e. The fourth-order valence-corrected chi connectivity index (χ4v) is 1.81. The number of aromatic hydroxyl groups is 1.